The van der Waals surface area contributed by atoms with E-state index in [1.807, 2.05) is 36.4 Å². The summed E-state index contributed by atoms with van der Waals surface area (Å²) in [4.78, 5) is 20.4. The first-order valence-corrected chi connectivity index (χ1v) is 6.29. The number of anilines is 1. The molecule has 0 saturated carbocycles. The zero-order valence-electron chi connectivity index (χ0n) is 9.24. The molecule has 16 heavy (non-hydrogen) atoms. The third-order valence-electron chi connectivity index (χ3n) is 2.50. The van der Waals surface area contributed by atoms with Gasteiger partial charge in [0.1, 0.15) is 9.39 Å². The number of hydrogen-bond acceptors (Lipinski definition) is 4. The van der Waals surface area contributed by atoms with Crippen molar-refractivity contribution >= 4 is 28.4 Å². The van der Waals surface area contributed by atoms with Crippen molar-refractivity contribution in [3.63, 3.8) is 0 Å². The van der Waals surface area contributed by atoms with Gasteiger partial charge in [-0.15, -0.1) is 0 Å². The van der Waals surface area contributed by atoms with Crippen LogP contribution in [-0.2, 0) is 4.74 Å². The maximum absolute atomic E-state index is 11.5. The number of H-pyrrole nitrogens is 1. The Hall–Kier alpha value is -0.630. The first-order chi connectivity index (χ1) is 7.58. The molecule has 0 aromatic carbocycles. The smallest absolute Gasteiger partial charge is 0.266 e. The predicted molar refractivity (Wildman–Crippen MR) is 69.8 cm³/mol. The lowest BCUT2D eigenvalue weighted by atomic mass is 10.2. The third kappa shape index (κ3) is 2.37. The van der Waals surface area contributed by atoms with Gasteiger partial charge in [0.25, 0.3) is 5.56 Å². The largest absolute Gasteiger partial charge is 0.372 e. The molecule has 6 heteroatoms. The Balaban J connectivity index is 2.30. The molecule has 1 N–H and O–H groups in total. The summed E-state index contributed by atoms with van der Waals surface area (Å²) in [5.74, 6) is 0.756. The average molecular weight is 335 g/mol. The molecule has 1 fully saturated rings. The molecule has 0 aliphatic carbocycles. The van der Waals surface area contributed by atoms with Crippen LogP contribution in [-0.4, -0.2) is 35.3 Å². The predicted octanol–water partition coefficient (Wildman–Crippen LogP) is 0.988. The second kappa shape index (κ2) is 4.70. The molecule has 1 aliphatic rings. The molecule has 0 spiro atoms. The van der Waals surface area contributed by atoms with Crippen molar-refractivity contribution in [2.24, 2.45) is 0 Å². The van der Waals surface area contributed by atoms with Crippen LogP contribution in [0.5, 0.6) is 0 Å². The van der Waals surface area contributed by atoms with Crippen LogP contribution in [0.3, 0.4) is 0 Å². The van der Waals surface area contributed by atoms with Crippen molar-refractivity contribution in [1.82, 2.24) is 9.97 Å². The van der Waals surface area contributed by atoms with E-state index in [0.29, 0.717) is 3.57 Å². The Labute approximate surface area is 107 Å². The van der Waals surface area contributed by atoms with Crippen molar-refractivity contribution in [3.8, 4) is 0 Å². The highest BCUT2D eigenvalue weighted by atomic mass is 127. The second-order valence-electron chi connectivity index (χ2n) is 4.03. The summed E-state index contributed by atoms with van der Waals surface area (Å²) in [6.07, 6.45) is 1.78. The lowest BCUT2D eigenvalue weighted by Gasteiger charge is -2.36. The van der Waals surface area contributed by atoms with Crippen LogP contribution in [0, 0.1) is 3.57 Å². The fraction of sp³-hybridized carbons (Fsp3) is 0.600. The van der Waals surface area contributed by atoms with E-state index in [1.54, 1.807) is 0 Å². The minimum Gasteiger partial charge on any atom is -0.372 e. The number of hydrogen-bond donors (Lipinski definition) is 1. The van der Waals surface area contributed by atoms with Gasteiger partial charge < -0.3 is 14.6 Å². The number of halogens is 1. The third-order valence-corrected chi connectivity index (χ3v) is 3.47. The number of nitrogens with zero attached hydrogens (tertiary/aromatic N) is 2. The van der Waals surface area contributed by atoms with Crippen LogP contribution < -0.4 is 10.5 Å². The number of morpholine rings is 1. The maximum atomic E-state index is 11.5. The summed E-state index contributed by atoms with van der Waals surface area (Å²) in [5, 5.41) is 0. The molecule has 0 bridgehead atoms. The lowest BCUT2D eigenvalue weighted by molar-refractivity contribution is -0.00552. The van der Waals surface area contributed by atoms with E-state index in [4.69, 9.17) is 4.74 Å². The average Bonchev–Trinajstić information content (AvgIpc) is 2.20. The van der Waals surface area contributed by atoms with E-state index in [9.17, 15) is 4.79 Å². The molecule has 0 amide bonds. The van der Waals surface area contributed by atoms with E-state index in [1.165, 1.54) is 6.33 Å². The summed E-state index contributed by atoms with van der Waals surface area (Å²) in [7, 11) is 0. The highest BCUT2D eigenvalue weighted by molar-refractivity contribution is 14.1. The van der Waals surface area contributed by atoms with Gasteiger partial charge in [-0.25, -0.2) is 4.98 Å². The van der Waals surface area contributed by atoms with Gasteiger partial charge in [0.2, 0.25) is 0 Å². The van der Waals surface area contributed by atoms with Crippen LogP contribution in [0.4, 0.5) is 5.82 Å². The molecule has 2 rings (SSSR count). The SMILES string of the molecule is C[C@@H]1CN(c2nc[nH]c(=O)c2I)C[C@H](C)O1. The Morgan fingerprint density at radius 3 is 2.75 bits per heavy atom. The van der Waals surface area contributed by atoms with E-state index in [0.717, 1.165) is 18.9 Å². The van der Waals surface area contributed by atoms with Gasteiger partial charge in [-0.2, -0.15) is 0 Å². The molecule has 1 aromatic rings. The molecule has 1 aromatic heterocycles. The minimum absolute atomic E-state index is 0.0857. The van der Waals surface area contributed by atoms with Crippen molar-refractivity contribution in [2.45, 2.75) is 26.1 Å². The lowest BCUT2D eigenvalue weighted by Crippen LogP contribution is -2.46. The van der Waals surface area contributed by atoms with Gasteiger partial charge in [-0.1, -0.05) is 0 Å². The Kier molecular flexibility index (Phi) is 3.48. The topological polar surface area (TPSA) is 58.2 Å². The molecule has 2 atom stereocenters. The van der Waals surface area contributed by atoms with E-state index in [2.05, 4.69) is 14.9 Å². The van der Waals surface area contributed by atoms with Crippen LogP contribution in [0.2, 0.25) is 0 Å². The molecule has 0 unspecified atom stereocenters. The van der Waals surface area contributed by atoms with Gasteiger partial charge in [-0.3, -0.25) is 4.79 Å². The van der Waals surface area contributed by atoms with E-state index < -0.39 is 0 Å². The van der Waals surface area contributed by atoms with Crippen molar-refractivity contribution in [3.05, 3.63) is 20.3 Å². The summed E-state index contributed by atoms with van der Waals surface area (Å²) in [6, 6.07) is 0. The quantitative estimate of drug-likeness (QED) is 0.778. The molecule has 0 radical (unpaired) electrons. The highest BCUT2D eigenvalue weighted by Gasteiger charge is 2.25. The summed E-state index contributed by atoms with van der Waals surface area (Å²) < 4.78 is 6.29. The molecule has 2 heterocycles. The van der Waals surface area contributed by atoms with E-state index in [-0.39, 0.29) is 17.8 Å². The Bertz CT molecular complexity index is 424. The van der Waals surface area contributed by atoms with Crippen molar-refractivity contribution in [1.29, 1.82) is 0 Å². The molecular formula is C10H14IN3O2. The molecule has 5 nitrogen and oxygen atoms in total. The van der Waals surface area contributed by atoms with Crippen LogP contribution >= 0.6 is 22.6 Å². The van der Waals surface area contributed by atoms with Gasteiger partial charge in [-0.05, 0) is 36.4 Å². The Morgan fingerprint density at radius 1 is 1.50 bits per heavy atom. The van der Waals surface area contributed by atoms with E-state index >= 15 is 0 Å². The van der Waals surface area contributed by atoms with Crippen molar-refractivity contribution < 1.29 is 4.74 Å². The van der Waals surface area contributed by atoms with Crippen LogP contribution in [0.15, 0.2) is 11.1 Å². The first kappa shape index (κ1) is 11.8. The van der Waals surface area contributed by atoms with Gasteiger partial charge in [0, 0.05) is 13.1 Å². The van der Waals surface area contributed by atoms with Crippen molar-refractivity contribution in [2.75, 3.05) is 18.0 Å². The number of nitrogens with one attached hydrogen (secondary N) is 1. The van der Waals surface area contributed by atoms with Crippen LogP contribution in [0.25, 0.3) is 0 Å². The standard InChI is InChI=1S/C10H14IN3O2/c1-6-3-14(4-7(2)16-6)9-8(11)10(15)13-5-12-9/h5-7H,3-4H2,1-2H3,(H,12,13,15)/t6-,7+. The van der Waals surface area contributed by atoms with Gasteiger partial charge in [0.05, 0.1) is 18.5 Å². The number of aromatic nitrogens is 2. The molecular weight excluding hydrogens is 321 g/mol. The number of aromatic amines is 1. The molecule has 88 valence electrons. The number of rotatable bonds is 1. The summed E-state index contributed by atoms with van der Waals surface area (Å²) in [6.45, 7) is 5.61. The normalized spacial score (nSPS) is 25.8. The molecule has 1 aliphatic heterocycles. The first-order valence-electron chi connectivity index (χ1n) is 5.21. The van der Waals surface area contributed by atoms with Gasteiger partial charge in [0.15, 0.2) is 0 Å². The monoisotopic (exact) mass is 335 g/mol. The van der Waals surface area contributed by atoms with Crippen LogP contribution in [0.1, 0.15) is 13.8 Å². The fourth-order valence-corrected chi connectivity index (χ4v) is 2.58. The highest BCUT2D eigenvalue weighted by Crippen LogP contribution is 2.20. The maximum Gasteiger partial charge on any atom is 0.266 e. The fourth-order valence-electron chi connectivity index (χ4n) is 1.94. The molecule has 1 saturated heterocycles. The summed E-state index contributed by atoms with van der Waals surface area (Å²) in [5.41, 5.74) is -0.0857. The zero-order valence-corrected chi connectivity index (χ0v) is 11.4. The minimum atomic E-state index is -0.0857. The summed E-state index contributed by atoms with van der Waals surface area (Å²) >= 11 is 2.03. The second-order valence-corrected chi connectivity index (χ2v) is 5.11. The van der Waals surface area contributed by atoms with Gasteiger partial charge >= 0.3 is 0 Å². The Morgan fingerprint density at radius 2 is 2.12 bits per heavy atom. The number of ether oxygens (including phenoxy) is 1. The zero-order chi connectivity index (χ0) is 11.7.